The van der Waals surface area contributed by atoms with E-state index in [1.165, 1.54) is 5.56 Å². The number of ether oxygens (including phenoxy) is 1. The van der Waals surface area contributed by atoms with Gasteiger partial charge in [-0.15, -0.1) is 24.8 Å². The van der Waals surface area contributed by atoms with Crippen LogP contribution in [0.25, 0.3) is 0 Å². The van der Waals surface area contributed by atoms with E-state index < -0.39 is 0 Å². The van der Waals surface area contributed by atoms with Crippen LogP contribution in [0.2, 0.25) is 15.1 Å². The van der Waals surface area contributed by atoms with Crippen LogP contribution in [0.15, 0.2) is 66.7 Å². The van der Waals surface area contributed by atoms with Gasteiger partial charge in [-0.2, -0.15) is 0 Å². The molecule has 1 N–H and O–H groups in total. The Hall–Kier alpha value is -1.17. The fraction of sp³-hybridized carbons (Fsp3) is 0.308. The maximum atomic E-state index is 6.28. The van der Waals surface area contributed by atoms with Crippen molar-refractivity contribution in [1.29, 1.82) is 0 Å². The van der Waals surface area contributed by atoms with E-state index in [1.54, 1.807) is 6.07 Å². The van der Waals surface area contributed by atoms with Crippen molar-refractivity contribution in [2.45, 2.75) is 38.6 Å². The number of piperidine rings is 1. The van der Waals surface area contributed by atoms with Gasteiger partial charge >= 0.3 is 0 Å². The van der Waals surface area contributed by atoms with Crippen LogP contribution in [-0.2, 0) is 19.7 Å². The van der Waals surface area contributed by atoms with Gasteiger partial charge in [-0.1, -0.05) is 71.2 Å². The van der Waals surface area contributed by atoms with Crippen LogP contribution >= 0.6 is 59.6 Å². The number of benzene rings is 3. The second-order valence-corrected chi connectivity index (χ2v) is 9.47. The highest BCUT2D eigenvalue weighted by atomic mass is 35.5. The third-order valence-electron chi connectivity index (χ3n) is 5.84. The van der Waals surface area contributed by atoms with Crippen molar-refractivity contribution in [1.82, 2.24) is 10.2 Å². The number of hydrogen-bond acceptors (Lipinski definition) is 3. The molecular weight excluding hydrogens is 534 g/mol. The van der Waals surface area contributed by atoms with Crippen LogP contribution in [0.3, 0.4) is 0 Å². The minimum Gasteiger partial charge on any atom is -0.489 e. The summed E-state index contributed by atoms with van der Waals surface area (Å²) in [6, 6.07) is 22.3. The second kappa shape index (κ2) is 14.4. The Morgan fingerprint density at radius 2 is 1.50 bits per heavy atom. The predicted molar refractivity (Wildman–Crippen MR) is 148 cm³/mol. The normalized spacial score (nSPS) is 14.2. The molecule has 184 valence electrons. The van der Waals surface area contributed by atoms with E-state index >= 15 is 0 Å². The van der Waals surface area contributed by atoms with Crippen LogP contribution in [-0.4, -0.2) is 24.0 Å². The van der Waals surface area contributed by atoms with E-state index in [9.17, 15) is 0 Å². The molecule has 0 bridgehead atoms. The summed E-state index contributed by atoms with van der Waals surface area (Å²) in [5.41, 5.74) is 3.32. The second-order valence-electron chi connectivity index (χ2n) is 8.19. The maximum absolute atomic E-state index is 6.28. The molecule has 0 atom stereocenters. The third-order valence-corrected chi connectivity index (χ3v) is 6.66. The number of nitrogens with one attached hydrogen (secondary N) is 1. The van der Waals surface area contributed by atoms with Gasteiger partial charge in [0.1, 0.15) is 12.4 Å². The molecule has 1 fully saturated rings. The Labute approximate surface area is 229 Å². The molecule has 0 spiro atoms. The summed E-state index contributed by atoms with van der Waals surface area (Å²) in [6.45, 7) is 4.31. The highest BCUT2D eigenvalue weighted by Crippen LogP contribution is 2.27. The zero-order chi connectivity index (χ0) is 22.3. The molecule has 0 saturated carbocycles. The standard InChI is InChI=1S/C26H27Cl3N2O.2ClH/c27-22-8-9-26(32-18-20-6-7-23(28)15-25(20)29)21(14-22)16-30-24-10-12-31(13-11-24)17-19-4-2-1-3-5-19;;/h1-9,14-15,24,30H,10-13,16-18H2;2*1H. The molecule has 0 unspecified atom stereocenters. The SMILES string of the molecule is Cl.Cl.Clc1ccc(COc2ccc(Cl)cc2CNC2CCN(Cc3ccccc3)CC2)c(Cl)c1. The van der Waals surface area contributed by atoms with Crippen LogP contribution in [0, 0.1) is 0 Å². The van der Waals surface area contributed by atoms with Crippen LogP contribution in [0.4, 0.5) is 0 Å². The smallest absolute Gasteiger partial charge is 0.124 e. The zero-order valence-corrected chi connectivity index (χ0v) is 22.6. The Morgan fingerprint density at radius 1 is 0.824 bits per heavy atom. The van der Waals surface area contributed by atoms with Crippen LogP contribution < -0.4 is 10.1 Å². The Bertz CT molecular complexity index is 1030. The molecule has 8 heteroatoms. The van der Waals surface area contributed by atoms with Crippen molar-refractivity contribution in [2.75, 3.05) is 13.1 Å². The Balaban J connectivity index is 0.00000204. The summed E-state index contributed by atoms with van der Waals surface area (Å²) in [4.78, 5) is 2.53. The molecule has 0 radical (unpaired) electrons. The molecule has 0 amide bonds. The van der Waals surface area contributed by atoms with E-state index in [0.717, 1.165) is 49.4 Å². The van der Waals surface area contributed by atoms with E-state index in [-0.39, 0.29) is 24.8 Å². The van der Waals surface area contributed by atoms with Gasteiger partial charge in [0, 0.05) is 45.3 Å². The fourth-order valence-electron chi connectivity index (χ4n) is 4.01. The Kier molecular flexibility index (Phi) is 12.3. The zero-order valence-electron chi connectivity index (χ0n) is 18.7. The molecule has 1 aliphatic heterocycles. The lowest BCUT2D eigenvalue weighted by Crippen LogP contribution is -2.41. The lowest BCUT2D eigenvalue weighted by Gasteiger charge is -2.32. The summed E-state index contributed by atoms with van der Waals surface area (Å²) in [6.07, 6.45) is 2.26. The van der Waals surface area contributed by atoms with Gasteiger partial charge in [-0.05, 0) is 61.8 Å². The monoisotopic (exact) mass is 560 g/mol. The molecule has 1 heterocycles. The maximum Gasteiger partial charge on any atom is 0.124 e. The molecule has 1 aliphatic rings. The fourth-order valence-corrected chi connectivity index (χ4v) is 4.67. The van der Waals surface area contributed by atoms with Crippen molar-refractivity contribution in [3.05, 3.63) is 98.5 Å². The van der Waals surface area contributed by atoms with Gasteiger partial charge in [0.15, 0.2) is 0 Å². The number of rotatable bonds is 8. The summed E-state index contributed by atoms with van der Waals surface area (Å²) in [5, 5.41) is 5.62. The van der Waals surface area contributed by atoms with Crippen molar-refractivity contribution < 1.29 is 4.74 Å². The van der Waals surface area contributed by atoms with Gasteiger partial charge in [0.05, 0.1) is 0 Å². The minimum atomic E-state index is 0. The van der Waals surface area contributed by atoms with Crippen molar-refractivity contribution in [3.8, 4) is 5.75 Å². The van der Waals surface area contributed by atoms with E-state index in [4.69, 9.17) is 39.5 Å². The minimum absolute atomic E-state index is 0. The highest BCUT2D eigenvalue weighted by Gasteiger charge is 2.19. The molecule has 3 nitrogen and oxygen atoms in total. The van der Waals surface area contributed by atoms with Gasteiger partial charge in [-0.3, -0.25) is 4.90 Å². The first-order valence-electron chi connectivity index (χ1n) is 10.9. The van der Waals surface area contributed by atoms with E-state index in [1.807, 2.05) is 30.3 Å². The first-order valence-corrected chi connectivity index (χ1v) is 12.0. The first-order chi connectivity index (χ1) is 15.6. The lowest BCUT2D eigenvalue weighted by atomic mass is 10.0. The topological polar surface area (TPSA) is 24.5 Å². The Morgan fingerprint density at radius 3 is 2.21 bits per heavy atom. The molecule has 1 saturated heterocycles. The lowest BCUT2D eigenvalue weighted by molar-refractivity contribution is 0.189. The molecule has 0 aliphatic carbocycles. The number of likely N-dealkylation sites (tertiary alicyclic amines) is 1. The third kappa shape index (κ3) is 8.49. The van der Waals surface area contributed by atoms with Gasteiger partial charge in [-0.25, -0.2) is 0 Å². The highest BCUT2D eigenvalue weighted by molar-refractivity contribution is 6.35. The first kappa shape index (κ1) is 29.1. The predicted octanol–water partition coefficient (Wildman–Crippen LogP) is 7.82. The molecule has 3 aromatic carbocycles. The number of hydrogen-bond donors (Lipinski definition) is 1. The molecular formula is C26H29Cl5N2O. The van der Waals surface area contributed by atoms with Gasteiger partial charge in [0.25, 0.3) is 0 Å². The molecule has 34 heavy (non-hydrogen) atoms. The van der Waals surface area contributed by atoms with E-state index in [0.29, 0.717) is 34.3 Å². The average Bonchev–Trinajstić information content (AvgIpc) is 2.80. The van der Waals surface area contributed by atoms with Crippen LogP contribution in [0.5, 0.6) is 5.75 Å². The number of halogens is 5. The molecule has 4 rings (SSSR count). The van der Waals surface area contributed by atoms with Crippen molar-refractivity contribution >= 4 is 59.6 Å². The summed E-state index contributed by atoms with van der Waals surface area (Å²) in [5.74, 6) is 0.814. The van der Waals surface area contributed by atoms with Gasteiger partial charge < -0.3 is 10.1 Å². The summed E-state index contributed by atoms with van der Waals surface area (Å²) in [7, 11) is 0. The summed E-state index contributed by atoms with van der Waals surface area (Å²) < 4.78 is 6.09. The largest absolute Gasteiger partial charge is 0.489 e. The number of nitrogens with zero attached hydrogens (tertiary/aromatic N) is 1. The van der Waals surface area contributed by atoms with Crippen LogP contribution in [0.1, 0.15) is 29.5 Å². The molecule has 3 aromatic rings. The van der Waals surface area contributed by atoms with Gasteiger partial charge in [0.2, 0.25) is 0 Å². The van der Waals surface area contributed by atoms with E-state index in [2.05, 4.69) is 40.5 Å². The quantitative estimate of drug-likeness (QED) is 0.303. The average molecular weight is 563 g/mol. The summed E-state index contributed by atoms with van der Waals surface area (Å²) >= 11 is 18.5. The van der Waals surface area contributed by atoms with Crippen molar-refractivity contribution in [3.63, 3.8) is 0 Å². The van der Waals surface area contributed by atoms with Crippen molar-refractivity contribution in [2.24, 2.45) is 0 Å². The molecule has 0 aromatic heterocycles.